The zero-order valence-electron chi connectivity index (χ0n) is 15.4. The fraction of sp³-hybridized carbons (Fsp3) is 0.444. The molecule has 0 aliphatic carbocycles. The quantitative estimate of drug-likeness (QED) is 0.618. The van der Waals surface area contributed by atoms with Gasteiger partial charge in [-0.3, -0.25) is 4.90 Å². The SMILES string of the molecule is Cc1nc(N(CC2=CNCC=C2C(F)(F)F)C(=O)OC(C)(C)C)ccc1I. The van der Waals surface area contributed by atoms with Gasteiger partial charge in [0.1, 0.15) is 11.4 Å². The minimum absolute atomic E-state index is 0.0578. The number of hydrogen-bond donors (Lipinski definition) is 1. The van der Waals surface area contributed by atoms with Crippen LogP contribution in [-0.2, 0) is 4.74 Å². The topological polar surface area (TPSA) is 54.5 Å². The molecule has 0 unspecified atom stereocenters. The number of dihydropyridines is 1. The van der Waals surface area contributed by atoms with Crippen molar-refractivity contribution in [2.24, 2.45) is 0 Å². The van der Waals surface area contributed by atoms with Crippen molar-refractivity contribution in [1.29, 1.82) is 0 Å². The molecular weight excluding hydrogens is 474 g/mol. The molecule has 0 bridgehead atoms. The van der Waals surface area contributed by atoms with Crippen LogP contribution in [0.25, 0.3) is 0 Å². The molecule has 0 saturated carbocycles. The molecule has 9 heteroatoms. The number of carbonyl (C=O) groups is 1. The maximum absolute atomic E-state index is 13.3. The highest BCUT2D eigenvalue weighted by Gasteiger charge is 2.38. The smallest absolute Gasteiger partial charge is 0.416 e. The van der Waals surface area contributed by atoms with E-state index in [1.54, 1.807) is 39.8 Å². The van der Waals surface area contributed by atoms with E-state index in [0.29, 0.717) is 5.69 Å². The van der Waals surface area contributed by atoms with E-state index in [4.69, 9.17) is 4.74 Å². The molecule has 0 radical (unpaired) electrons. The highest BCUT2D eigenvalue weighted by atomic mass is 127. The van der Waals surface area contributed by atoms with Crippen LogP contribution in [0.4, 0.5) is 23.8 Å². The van der Waals surface area contributed by atoms with Crippen LogP contribution in [0.2, 0.25) is 0 Å². The molecule has 1 aliphatic heterocycles. The average molecular weight is 495 g/mol. The number of pyridine rings is 1. The van der Waals surface area contributed by atoms with Gasteiger partial charge in [-0.05, 0) is 68.0 Å². The minimum atomic E-state index is -4.51. The summed E-state index contributed by atoms with van der Waals surface area (Å²) in [5, 5.41) is 2.76. The van der Waals surface area contributed by atoms with Crippen molar-refractivity contribution in [2.75, 3.05) is 18.0 Å². The number of carbonyl (C=O) groups excluding carboxylic acids is 1. The van der Waals surface area contributed by atoms with Crippen molar-refractivity contribution in [3.63, 3.8) is 0 Å². The van der Waals surface area contributed by atoms with E-state index in [-0.39, 0.29) is 24.5 Å². The van der Waals surface area contributed by atoms with Crippen LogP contribution in [0, 0.1) is 10.5 Å². The summed E-state index contributed by atoms with van der Waals surface area (Å²) in [6, 6.07) is 3.34. The third-order valence-corrected chi connectivity index (χ3v) is 4.72. The van der Waals surface area contributed by atoms with Gasteiger partial charge in [0.05, 0.1) is 17.8 Å². The number of alkyl halides is 3. The van der Waals surface area contributed by atoms with Crippen LogP contribution in [0.15, 0.2) is 35.6 Å². The molecule has 1 aliphatic rings. The number of nitrogens with one attached hydrogen (secondary N) is 1. The van der Waals surface area contributed by atoms with Gasteiger partial charge in [-0.2, -0.15) is 13.2 Å². The van der Waals surface area contributed by atoms with Crippen molar-refractivity contribution in [2.45, 2.75) is 39.5 Å². The maximum Gasteiger partial charge on any atom is 0.416 e. The van der Waals surface area contributed by atoms with Crippen molar-refractivity contribution in [1.82, 2.24) is 10.3 Å². The van der Waals surface area contributed by atoms with Gasteiger partial charge in [0, 0.05) is 16.3 Å². The van der Waals surface area contributed by atoms with Gasteiger partial charge in [0.25, 0.3) is 0 Å². The highest BCUT2D eigenvalue weighted by molar-refractivity contribution is 14.1. The van der Waals surface area contributed by atoms with Crippen molar-refractivity contribution < 1.29 is 22.7 Å². The summed E-state index contributed by atoms with van der Waals surface area (Å²) in [6.45, 7) is 6.60. The van der Waals surface area contributed by atoms with Crippen molar-refractivity contribution in [3.05, 3.63) is 44.8 Å². The Labute approximate surface area is 169 Å². The molecule has 1 aromatic heterocycles. The van der Waals surface area contributed by atoms with Crippen LogP contribution in [0.5, 0.6) is 0 Å². The van der Waals surface area contributed by atoms with Gasteiger partial charge in [-0.1, -0.05) is 6.08 Å². The Balaban J connectivity index is 2.40. The van der Waals surface area contributed by atoms with E-state index in [1.807, 2.05) is 0 Å². The highest BCUT2D eigenvalue weighted by Crippen LogP contribution is 2.33. The standard InChI is InChI=1S/C18H21F3IN3O2/c1-11-14(22)5-6-15(24-11)25(16(26)27-17(2,3)4)10-12-9-23-8-7-13(12)18(19,20)21/h5-7,9,23H,8,10H2,1-4H3. The molecule has 5 nitrogen and oxygen atoms in total. The Morgan fingerprint density at radius 3 is 2.56 bits per heavy atom. The number of nitrogens with zero attached hydrogens (tertiary/aromatic N) is 2. The fourth-order valence-electron chi connectivity index (χ4n) is 2.39. The largest absolute Gasteiger partial charge is 0.443 e. The van der Waals surface area contributed by atoms with Gasteiger partial charge < -0.3 is 10.1 Å². The summed E-state index contributed by atoms with van der Waals surface area (Å²) in [4.78, 5) is 18.2. The summed E-state index contributed by atoms with van der Waals surface area (Å²) in [5.74, 6) is 0.232. The molecule has 1 aromatic rings. The second-order valence-electron chi connectivity index (χ2n) is 7.00. The van der Waals surface area contributed by atoms with Crippen LogP contribution in [0.3, 0.4) is 0 Å². The third-order valence-electron chi connectivity index (χ3n) is 3.58. The van der Waals surface area contributed by atoms with Crippen LogP contribution in [-0.4, -0.2) is 35.9 Å². The van der Waals surface area contributed by atoms with Gasteiger partial charge in [0.15, 0.2) is 0 Å². The van der Waals surface area contributed by atoms with Crippen LogP contribution >= 0.6 is 22.6 Å². The lowest BCUT2D eigenvalue weighted by molar-refractivity contribution is -0.0898. The van der Waals surface area contributed by atoms with Crippen molar-refractivity contribution in [3.8, 4) is 0 Å². The lowest BCUT2D eigenvalue weighted by Crippen LogP contribution is -2.40. The first kappa shape index (κ1) is 21.5. The molecule has 0 spiro atoms. The summed E-state index contributed by atoms with van der Waals surface area (Å²) >= 11 is 2.10. The zero-order valence-corrected chi connectivity index (χ0v) is 17.6. The molecule has 27 heavy (non-hydrogen) atoms. The predicted molar refractivity (Wildman–Crippen MR) is 105 cm³/mol. The lowest BCUT2D eigenvalue weighted by atomic mass is 10.0. The maximum atomic E-state index is 13.3. The van der Waals surface area contributed by atoms with E-state index in [9.17, 15) is 18.0 Å². The van der Waals surface area contributed by atoms with E-state index in [1.165, 1.54) is 6.20 Å². The lowest BCUT2D eigenvalue weighted by Gasteiger charge is -2.29. The molecule has 1 amide bonds. The first-order valence-corrected chi connectivity index (χ1v) is 9.30. The number of anilines is 1. The first-order chi connectivity index (χ1) is 12.4. The van der Waals surface area contributed by atoms with E-state index in [2.05, 4.69) is 32.9 Å². The molecule has 2 rings (SSSR count). The Hall–Kier alpha value is -1.78. The number of halogens is 4. The van der Waals surface area contributed by atoms with E-state index in [0.717, 1.165) is 14.5 Å². The Morgan fingerprint density at radius 2 is 2.00 bits per heavy atom. The number of amides is 1. The Kier molecular flexibility index (Phi) is 6.43. The predicted octanol–water partition coefficient (Wildman–Crippen LogP) is 4.71. The number of rotatable bonds is 3. The first-order valence-electron chi connectivity index (χ1n) is 8.22. The molecule has 2 heterocycles. The normalized spacial score (nSPS) is 14.8. The fourth-order valence-corrected chi connectivity index (χ4v) is 2.69. The molecule has 0 saturated heterocycles. The number of aryl methyl sites for hydroxylation is 1. The van der Waals surface area contributed by atoms with Gasteiger partial charge in [-0.25, -0.2) is 9.78 Å². The Bertz CT molecular complexity index is 783. The number of hydrogen-bond acceptors (Lipinski definition) is 4. The van der Waals surface area contributed by atoms with Gasteiger partial charge in [0.2, 0.25) is 0 Å². The monoisotopic (exact) mass is 495 g/mol. The summed E-state index contributed by atoms with van der Waals surface area (Å²) in [7, 11) is 0. The van der Waals surface area contributed by atoms with E-state index < -0.39 is 23.4 Å². The minimum Gasteiger partial charge on any atom is -0.443 e. The van der Waals surface area contributed by atoms with Crippen LogP contribution < -0.4 is 10.2 Å². The van der Waals surface area contributed by atoms with Crippen molar-refractivity contribution >= 4 is 34.5 Å². The summed E-state index contributed by atoms with van der Waals surface area (Å²) in [5.41, 5.74) is -0.950. The number of aromatic nitrogens is 1. The number of ether oxygens (including phenoxy) is 1. The molecule has 0 atom stereocenters. The van der Waals surface area contributed by atoms with Gasteiger partial charge in [-0.15, -0.1) is 0 Å². The van der Waals surface area contributed by atoms with E-state index >= 15 is 0 Å². The molecule has 1 N–H and O–H groups in total. The zero-order chi connectivity index (χ0) is 20.4. The third kappa shape index (κ3) is 5.85. The summed E-state index contributed by atoms with van der Waals surface area (Å²) in [6.07, 6.45) is -2.93. The molecule has 148 valence electrons. The second-order valence-corrected chi connectivity index (χ2v) is 8.16. The summed E-state index contributed by atoms with van der Waals surface area (Å²) < 4.78 is 46.3. The molecule has 0 aromatic carbocycles. The van der Waals surface area contributed by atoms with Gasteiger partial charge >= 0.3 is 12.3 Å². The average Bonchev–Trinajstić information content (AvgIpc) is 2.53. The van der Waals surface area contributed by atoms with Crippen LogP contribution in [0.1, 0.15) is 26.5 Å². The Morgan fingerprint density at radius 1 is 1.33 bits per heavy atom. The molecule has 0 fully saturated rings. The second kappa shape index (κ2) is 8.07. The molecular formula is C18H21F3IN3O2.